The number of hydrogen-bond acceptors (Lipinski definition) is 1. The van der Waals surface area contributed by atoms with E-state index in [9.17, 15) is 4.79 Å². The van der Waals surface area contributed by atoms with Crippen LogP contribution < -0.4 is 0 Å². The molecule has 0 N–H and O–H groups in total. The first-order valence-corrected chi connectivity index (χ1v) is 4.16. The molecule has 0 aliphatic heterocycles. The van der Waals surface area contributed by atoms with Crippen LogP contribution in [0.1, 0.15) is 12.8 Å². The molecule has 0 aromatic heterocycles. The predicted molar refractivity (Wildman–Crippen MR) is 44.0 cm³/mol. The van der Waals surface area contributed by atoms with Gasteiger partial charge in [0.05, 0.1) is 0 Å². The van der Waals surface area contributed by atoms with Crippen molar-refractivity contribution < 1.29 is 4.79 Å². The highest BCUT2D eigenvalue weighted by Crippen LogP contribution is 2.42. The van der Waals surface area contributed by atoms with E-state index in [1.54, 1.807) is 0 Å². The summed E-state index contributed by atoms with van der Waals surface area (Å²) in [6.45, 7) is 3.67. The van der Waals surface area contributed by atoms with Gasteiger partial charge >= 0.3 is 0 Å². The molecule has 2 bridgehead atoms. The van der Waals surface area contributed by atoms with E-state index < -0.39 is 0 Å². The molecule has 0 aromatic rings. The highest BCUT2D eigenvalue weighted by Gasteiger charge is 2.42. The minimum absolute atomic E-state index is 0.255. The Balaban J connectivity index is 2.18. The first-order valence-electron chi connectivity index (χ1n) is 4.16. The van der Waals surface area contributed by atoms with Crippen molar-refractivity contribution in [1.82, 2.24) is 0 Å². The number of rotatable bonds is 2. The van der Waals surface area contributed by atoms with Crippen molar-refractivity contribution in [1.29, 1.82) is 0 Å². The average molecular weight is 148 g/mol. The van der Waals surface area contributed by atoms with Crippen LogP contribution in [-0.2, 0) is 4.79 Å². The molecule has 11 heavy (non-hydrogen) atoms. The van der Waals surface area contributed by atoms with E-state index in [1.807, 2.05) is 6.08 Å². The van der Waals surface area contributed by atoms with Gasteiger partial charge in [-0.15, -0.1) is 6.58 Å². The van der Waals surface area contributed by atoms with Crippen LogP contribution in [0, 0.1) is 17.8 Å². The molecule has 0 radical (unpaired) electrons. The summed E-state index contributed by atoms with van der Waals surface area (Å²) in [5.41, 5.74) is 0. The van der Waals surface area contributed by atoms with Crippen LogP contribution >= 0.6 is 0 Å². The highest BCUT2D eigenvalue weighted by molar-refractivity contribution is 5.89. The number of carbonyl (C=O) groups is 1. The Morgan fingerprint density at radius 2 is 2.45 bits per heavy atom. The van der Waals surface area contributed by atoms with Gasteiger partial charge in [-0.2, -0.15) is 0 Å². The first kappa shape index (κ1) is 6.84. The summed E-state index contributed by atoms with van der Waals surface area (Å²) in [5.74, 6) is 1.50. The van der Waals surface area contributed by atoms with Crippen molar-refractivity contribution in [3.05, 3.63) is 24.8 Å². The molecule has 0 saturated heterocycles. The van der Waals surface area contributed by atoms with Crippen LogP contribution in [-0.4, -0.2) is 5.78 Å². The zero-order valence-corrected chi connectivity index (χ0v) is 6.49. The third kappa shape index (κ3) is 0.873. The van der Waals surface area contributed by atoms with E-state index in [-0.39, 0.29) is 11.8 Å². The first-order chi connectivity index (χ1) is 5.33. The van der Waals surface area contributed by atoms with Crippen LogP contribution in [0.15, 0.2) is 24.8 Å². The summed E-state index contributed by atoms with van der Waals surface area (Å²) in [6.07, 6.45) is 8.05. The van der Waals surface area contributed by atoms with Crippen LogP contribution in [0.5, 0.6) is 0 Å². The Hall–Kier alpha value is -0.850. The summed E-state index contributed by atoms with van der Waals surface area (Å²) >= 11 is 0. The highest BCUT2D eigenvalue weighted by atomic mass is 16.1. The van der Waals surface area contributed by atoms with Crippen molar-refractivity contribution >= 4 is 5.78 Å². The number of hydrogen-bond donors (Lipinski definition) is 0. The number of carbonyl (C=O) groups excluding carboxylic acids is 1. The molecule has 0 amide bonds. The minimum atomic E-state index is 0.255. The molecule has 1 nitrogen and oxygen atoms in total. The molecule has 1 saturated carbocycles. The number of fused-ring (bicyclic) bond motifs is 2. The fourth-order valence-corrected chi connectivity index (χ4v) is 2.19. The normalized spacial score (nSPS) is 40.0. The van der Waals surface area contributed by atoms with Crippen molar-refractivity contribution in [2.24, 2.45) is 17.8 Å². The summed E-state index contributed by atoms with van der Waals surface area (Å²) in [5, 5.41) is 0. The van der Waals surface area contributed by atoms with E-state index >= 15 is 0 Å². The second-order valence-electron chi connectivity index (χ2n) is 3.42. The molecule has 0 heterocycles. The van der Waals surface area contributed by atoms with Gasteiger partial charge in [0.1, 0.15) is 5.78 Å². The molecule has 1 fully saturated rings. The molecule has 2 aliphatic carbocycles. The zero-order chi connectivity index (χ0) is 7.84. The fraction of sp³-hybridized carbons (Fsp3) is 0.500. The zero-order valence-electron chi connectivity index (χ0n) is 6.49. The van der Waals surface area contributed by atoms with Gasteiger partial charge in [0, 0.05) is 11.8 Å². The number of ketones is 1. The lowest BCUT2D eigenvalue weighted by atomic mass is 9.90. The lowest BCUT2D eigenvalue weighted by molar-refractivity contribution is -0.123. The molecule has 2 rings (SSSR count). The van der Waals surface area contributed by atoms with Crippen LogP contribution in [0.4, 0.5) is 0 Å². The van der Waals surface area contributed by atoms with Gasteiger partial charge < -0.3 is 0 Å². The van der Waals surface area contributed by atoms with Gasteiger partial charge in [0.2, 0.25) is 0 Å². The molecule has 1 heteroatoms. The molecule has 0 aromatic carbocycles. The van der Waals surface area contributed by atoms with Crippen molar-refractivity contribution in [3.8, 4) is 0 Å². The largest absolute Gasteiger partial charge is 0.299 e. The molecule has 3 atom stereocenters. The third-order valence-corrected chi connectivity index (χ3v) is 2.79. The number of Topliss-reactive ketones (excluding diaryl/α,β-unsaturated/α-hetero) is 1. The van der Waals surface area contributed by atoms with Gasteiger partial charge in [0.15, 0.2) is 0 Å². The van der Waals surface area contributed by atoms with Crippen LogP contribution in [0.25, 0.3) is 0 Å². The monoisotopic (exact) mass is 148 g/mol. The number of allylic oxidation sites excluding steroid dienone is 3. The standard InChI is InChI=1S/C10H12O/c1-2-3-9-7-4-5-8(6-7)10(9)11/h2,4-5,7-9H,1,3,6H2/t7-,8+,9-/m1/s1. The fourth-order valence-electron chi connectivity index (χ4n) is 2.19. The predicted octanol–water partition coefficient (Wildman–Crippen LogP) is 1.95. The summed E-state index contributed by atoms with van der Waals surface area (Å²) in [7, 11) is 0. The minimum Gasteiger partial charge on any atom is -0.299 e. The van der Waals surface area contributed by atoms with E-state index in [0.29, 0.717) is 11.7 Å². The maximum absolute atomic E-state index is 11.5. The Labute approximate surface area is 66.8 Å². The van der Waals surface area contributed by atoms with Crippen LogP contribution in [0.3, 0.4) is 0 Å². The Kier molecular flexibility index (Phi) is 1.45. The van der Waals surface area contributed by atoms with Crippen molar-refractivity contribution in [3.63, 3.8) is 0 Å². The second kappa shape index (κ2) is 2.33. The summed E-state index contributed by atoms with van der Waals surface area (Å²) in [6, 6.07) is 0. The second-order valence-corrected chi connectivity index (χ2v) is 3.42. The van der Waals surface area contributed by atoms with Crippen LogP contribution in [0.2, 0.25) is 0 Å². The Bertz CT molecular complexity index is 227. The van der Waals surface area contributed by atoms with Gasteiger partial charge in [-0.25, -0.2) is 0 Å². The molecular weight excluding hydrogens is 136 g/mol. The quantitative estimate of drug-likeness (QED) is 0.547. The van der Waals surface area contributed by atoms with Gasteiger partial charge in [-0.3, -0.25) is 4.79 Å². The van der Waals surface area contributed by atoms with Gasteiger partial charge in [-0.1, -0.05) is 18.2 Å². The van der Waals surface area contributed by atoms with E-state index in [0.717, 1.165) is 12.8 Å². The maximum Gasteiger partial charge on any atom is 0.143 e. The van der Waals surface area contributed by atoms with Crippen molar-refractivity contribution in [2.75, 3.05) is 0 Å². The molecular formula is C10H12O. The molecule has 58 valence electrons. The molecule has 2 aliphatic rings. The van der Waals surface area contributed by atoms with E-state index in [4.69, 9.17) is 0 Å². The van der Waals surface area contributed by atoms with E-state index in [1.165, 1.54) is 0 Å². The summed E-state index contributed by atoms with van der Waals surface area (Å²) < 4.78 is 0. The lowest BCUT2D eigenvalue weighted by Gasteiger charge is -2.13. The Morgan fingerprint density at radius 3 is 3.00 bits per heavy atom. The maximum atomic E-state index is 11.5. The van der Waals surface area contributed by atoms with Crippen molar-refractivity contribution in [2.45, 2.75) is 12.8 Å². The lowest BCUT2D eigenvalue weighted by Crippen LogP contribution is -2.17. The topological polar surface area (TPSA) is 17.1 Å². The molecule has 0 unspecified atom stereocenters. The third-order valence-electron chi connectivity index (χ3n) is 2.79. The van der Waals surface area contributed by atoms with E-state index in [2.05, 4.69) is 18.7 Å². The smallest absolute Gasteiger partial charge is 0.143 e. The summed E-state index contributed by atoms with van der Waals surface area (Å²) in [4.78, 5) is 11.5. The SMILES string of the molecule is C=CC[C@H]1C(=O)[C@H]2C=C[C@@H]1C2. The van der Waals surface area contributed by atoms with Gasteiger partial charge in [-0.05, 0) is 18.8 Å². The average Bonchev–Trinajstić information content (AvgIpc) is 2.54. The molecule has 0 spiro atoms. The van der Waals surface area contributed by atoms with Gasteiger partial charge in [0.25, 0.3) is 0 Å². The Morgan fingerprint density at radius 1 is 1.64 bits per heavy atom.